The van der Waals surface area contributed by atoms with Crippen molar-refractivity contribution in [1.82, 2.24) is 15.2 Å². The molecule has 4 atom stereocenters. The number of rotatable bonds is 4. The molecule has 3 saturated heterocycles. The van der Waals surface area contributed by atoms with Crippen LogP contribution in [-0.4, -0.2) is 54.3 Å². The van der Waals surface area contributed by atoms with Crippen LogP contribution >= 0.6 is 0 Å². The van der Waals surface area contributed by atoms with Crippen molar-refractivity contribution in [3.63, 3.8) is 0 Å². The Balaban J connectivity index is 1.14. The summed E-state index contributed by atoms with van der Waals surface area (Å²) in [5.41, 5.74) is 1.15. The monoisotopic (exact) mass is 370 g/mol. The van der Waals surface area contributed by atoms with E-state index in [0.29, 0.717) is 30.1 Å². The molecule has 146 valence electrons. The summed E-state index contributed by atoms with van der Waals surface area (Å²) in [7, 11) is 1.87. The van der Waals surface area contributed by atoms with E-state index in [0.717, 1.165) is 49.9 Å². The van der Waals surface area contributed by atoms with E-state index in [1.54, 1.807) is 0 Å². The summed E-state index contributed by atoms with van der Waals surface area (Å²) in [6, 6.07) is 4.09. The maximum atomic E-state index is 6.08. The molecule has 0 amide bonds. The second-order valence-corrected chi connectivity index (χ2v) is 8.45. The van der Waals surface area contributed by atoms with Crippen LogP contribution in [0.4, 0.5) is 0 Å². The molecule has 4 fully saturated rings. The Kier molecular flexibility index (Phi) is 4.68. The van der Waals surface area contributed by atoms with Gasteiger partial charge in [-0.25, -0.2) is 4.98 Å². The second kappa shape index (κ2) is 7.30. The summed E-state index contributed by atoms with van der Waals surface area (Å²) in [5, 5.41) is 3.51. The Hall–Kier alpha value is -1.82. The van der Waals surface area contributed by atoms with E-state index < -0.39 is 0 Å². The van der Waals surface area contributed by atoms with Gasteiger partial charge in [0.05, 0.1) is 12.2 Å². The van der Waals surface area contributed by atoms with Gasteiger partial charge in [-0.1, -0.05) is 6.07 Å². The molecule has 27 heavy (non-hydrogen) atoms. The van der Waals surface area contributed by atoms with Crippen molar-refractivity contribution in [2.24, 2.45) is 16.8 Å². The minimum Gasteiger partial charge on any atom is -0.474 e. The maximum Gasteiger partial charge on any atom is 0.213 e. The van der Waals surface area contributed by atoms with Crippen LogP contribution in [0, 0.1) is 11.8 Å². The number of aromatic nitrogens is 1. The third kappa shape index (κ3) is 3.40. The number of likely N-dealkylation sites (tertiary alicyclic amines) is 1. The number of fused-ring (bicyclic) bond motifs is 5. The number of aliphatic imine (C=N–C) groups is 1. The molecule has 0 aromatic carbocycles. The van der Waals surface area contributed by atoms with Crippen LogP contribution in [0.25, 0.3) is 0 Å². The summed E-state index contributed by atoms with van der Waals surface area (Å²) in [6.45, 7) is 2.87. The minimum absolute atomic E-state index is 0.356. The fraction of sp³-hybridized carbons (Fsp3) is 0.714. The van der Waals surface area contributed by atoms with E-state index in [1.165, 1.54) is 25.7 Å². The normalized spacial score (nSPS) is 32.9. The molecular formula is C21H30N4O2. The first kappa shape index (κ1) is 17.3. The molecule has 4 unspecified atom stereocenters. The maximum absolute atomic E-state index is 6.08. The van der Waals surface area contributed by atoms with Crippen LogP contribution in [0.2, 0.25) is 0 Å². The van der Waals surface area contributed by atoms with Crippen molar-refractivity contribution < 1.29 is 9.47 Å². The van der Waals surface area contributed by atoms with Gasteiger partial charge in [0.2, 0.25) is 5.88 Å². The van der Waals surface area contributed by atoms with Gasteiger partial charge < -0.3 is 19.7 Å². The Bertz CT molecular complexity index is 668. The molecule has 0 spiro atoms. The zero-order valence-electron chi connectivity index (χ0n) is 16.1. The molecule has 1 N–H and O–H groups in total. The lowest BCUT2D eigenvalue weighted by Gasteiger charge is -2.23. The van der Waals surface area contributed by atoms with Gasteiger partial charge in [-0.2, -0.15) is 0 Å². The Morgan fingerprint density at radius 2 is 1.93 bits per heavy atom. The number of guanidine groups is 1. The number of hydrogen-bond acceptors (Lipinski definition) is 4. The Morgan fingerprint density at radius 3 is 2.56 bits per heavy atom. The molecular weight excluding hydrogens is 340 g/mol. The lowest BCUT2D eigenvalue weighted by molar-refractivity contribution is 0.0767. The van der Waals surface area contributed by atoms with Crippen LogP contribution in [0.3, 0.4) is 0 Å². The molecule has 0 radical (unpaired) electrons. The minimum atomic E-state index is 0.356. The fourth-order valence-corrected chi connectivity index (χ4v) is 5.41. The van der Waals surface area contributed by atoms with Gasteiger partial charge in [-0.15, -0.1) is 0 Å². The van der Waals surface area contributed by atoms with Crippen LogP contribution in [0.1, 0.15) is 44.1 Å². The predicted octanol–water partition coefficient (Wildman–Crippen LogP) is 2.59. The largest absolute Gasteiger partial charge is 0.474 e. The highest BCUT2D eigenvalue weighted by Crippen LogP contribution is 2.47. The Labute approximate surface area is 161 Å². The second-order valence-electron chi connectivity index (χ2n) is 8.45. The summed E-state index contributed by atoms with van der Waals surface area (Å²) in [6.07, 6.45) is 10.6. The molecule has 6 nitrogen and oxygen atoms in total. The summed E-state index contributed by atoms with van der Waals surface area (Å²) >= 11 is 0. The van der Waals surface area contributed by atoms with Crippen LogP contribution in [-0.2, 0) is 11.3 Å². The standard InChI is InChI=1S/C21H30N4O2/c1-22-21(25-12-16-17(13-25)19-8-7-18(16)27-19)24-11-14-6-9-20(23-10-14)26-15-4-2-3-5-15/h6,9-10,15-19H,2-5,7-8,11-13H2,1H3,(H,22,24). The van der Waals surface area contributed by atoms with E-state index in [4.69, 9.17) is 9.47 Å². The third-order valence-electron chi connectivity index (χ3n) is 6.80. The molecule has 1 aromatic heterocycles. The number of nitrogens with zero attached hydrogens (tertiary/aromatic N) is 3. The lowest BCUT2D eigenvalue weighted by atomic mass is 9.82. The molecule has 4 heterocycles. The first-order chi connectivity index (χ1) is 13.3. The highest BCUT2D eigenvalue weighted by atomic mass is 16.5. The van der Waals surface area contributed by atoms with Crippen LogP contribution < -0.4 is 10.1 Å². The first-order valence-corrected chi connectivity index (χ1v) is 10.5. The molecule has 1 aliphatic carbocycles. The highest BCUT2D eigenvalue weighted by Gasteiger charge is 2.53. The quantitative estimate of drug-likeness (QED) is 0.652. The highest BCUT2D eigenvalue weighted by molar-refractivity contribution is 5.80. The summed E-state index contributed by atoms with van der Waals surface area (Å²) in [5.74, 6) is 3.12. The van der Waals surface area contributed by atoms with Gasteiger partial charge >= 0.3 is 0 Å². The zero-order valence-corrected chi connectivity index (χ0v) is 16.1. The SMILES string of the molecule is CN=C(NCc1ccc(OC2CCCC2)nc1)N1CC2C3CCC(O3)C2C1. The zero-order chi connectivity index (χ0) is 18.2. The summed E-state index contributed by atoms with van der Waals surface area (Å²) in [4.78, 5) is 11.4. The van der Waals surface area contributed by atoms with E-state index in [9.17, 15) is 0 Å². The molecule has 2 bridgehead atoms. The smallest absolute Gasteiger partial charge is 0.213 e. The van der Waals surface area contributed by atoms with E-state index in [1.807, 2.05) is 19.3 Å². The average molecular weight is 370 g/mol. The van der Waals surface area contributed by atoms with E-state index in [-0.39, 0.29) is 0 Å². The summed E-state index contributed by atoms with van der Waals surface area (Å²) < 4.78 is 12.0. The number of ether oxygens (including phenoxy) is 2. The van der Waals surface area contributed by atoms with Crippen molar-refractivity contribution in [3.8, 4) is 5.88 Å². The molecule has 4 aliphatic rings. The van der Waals surface area contributed by atoms with Gasteiger partial charge in [-0.3, -0.25) is 4.99 Å². The molecule has 1 aromatic rings. The Morgan fingerprint density at radius 1 is 1.19 bits per heavy atom. The van der Waals surface area contributed by atoms with Crippen molar-refractivity contribution >= 4 is 5.96 Å². The van der Waals surface area contributed by atoms with Crippen molar-refractivity contribution in [1.29, 1.82) is 0 Å². The van der Waals surface area contributed by atoms with Crippen molar-refractivity contribution in [3.05, 3.63) is 23.9 Å². The number of nitrogens with one attached hydrogen (secondary N) is 1. The third-order valence-corrected chi connectivity index (χ3v) is 6.80. The van der Waals surface area contributed by atoms with E-state index >= 15 is 0 Å². The van der Waals surface area contributed by atoms with Crippen LogP contribution in [0.5, 0.6) is 5.88 Å². The molecule has 3 aliphatic heterocycles. The van der Waals surface area contributed by atoms with Gasteiger partial charge in [0, 0.05) is 50.8 Å². The topological polar surface area (TPSA) is 59.0 Å². The average Bonchev–Trinajstić information content (AvgIpc) is 3.46. The van der Waals surface area contributed by atoms with Gasteiger partial charge in [-0.05, 0) is 44.1 Å². The molecule has 5 rings (SSSR count). The van der Waals surface area contributed by atoms with Crippen molar-refractivity contribution in [2.45, 2.75) is 63.4 Å². The van der Waals surface area contributed by atoms with Gasteiger partial charge in [0.25, 0.3) is 0 Å². The number of hydrogen-bond donors (Lipinski definition) is 1. The van der Waals surface area contributed by atoms with Crippen molar-refractivity contribution in [2.75, 3.05) is 20.1 Å². The van der Waals surface area contributed by atoms with Gasteiger partial charge in [0.1, 0.15) is 6.10 Å². The number of pyridine rings is 1. The van der Waals surface area contributed by atoms with Crippen LogP contribution in [0.15, 0.2) is 23.3 Å². The van der Waals surface area contributed by atoms with Gasteiger partial charge in [0.15, 0.2) is 5.96 Å². The molecule has 6 heteroatoms. The van der Waals surface area contributed by atoms with E-state index in [2.05, 4.69) is 26.3 Å². The predicted molar refractivity (Wildman–Crippen MR) is 104 cm³/mol. The molecule has 1 saturated carbocycles. The lowest BCUT2D eigenvalue weighted by Crippen LogP contribution is -2.41. The fourth-order valence-electron chi connectivity index (χ4n) is 5.41. The first-order valence-electron chi connectivity index (χ1n) is 10.5.